The van der Waals surface area contributed by atoms with Crippen LogP contribution >= 0.6 is 0 Å². The molecule has 2 heteroatoms. The molecule has 1 saturated carbocycles. The molecule has 0 bridgehead atoms. The third-order valence-corrected chi connectivity index (χ3v) is 2.46. The van der Waals surface area contributed by atoms with Gasteiger partial charge in [0.05, 0.1) is 0 Å². The number of nitrogens with one attached hydrogen (secondary N) is 1. The lowest BCUT2D eigenvalue weighted by Gasteiger charge is -2.21. The van der Waals surface area contributed by atoms with Gasteiger partial charge in [0.2, 0.25) is 0 Å². The molecule has 0 aliphatic heterocycles. The molecule has 0 radical (unpaired) electrons. The minimum absolute atomic E-state index is 0.0452. The second-order valence-corrected chi connectivity index (χ2v) is 4.73. The molecule has 0 aromatic rings. The van der Waals surface area contributed by atoms with E-state index in [1.807, 2.05) is 0 Å². The summed E-state index contributed by atoms with van der Waals surface area (Å²) < 4.78 is 0. The number of aliphatic hydroxyl groups is 1. The quantitative estimate of drug-likeness (QED) is 0.592. The Balaban J connectivity index is 1.92. The third kappa shape index (κ3) is 4.07. The Morgan fingerprint density at radius 3 is 2.58 bits per heavy atom. The smallest absolute Gasteiger partial charge is 0.0494 e. The van der Waals surface area contributed by atoms with Crippen LogP contribution in [-0.2, 0) is 0 Å². The van der Waals surface area contributed by atoms with Crippen molar-refractivity contribution in [2.45, 2.75) is 33.1 Å². The van der Waals surface area contributed by atoms with Crippen LogP contribution in [0.2, 0.25) is 0 Å². The van der Waals surface area contributed by atoms with Crippen molar-refractivity contribution in [2.75, 3.05) is 19.7 Å². The SMILES string of the molecule is CC(C)(CO)CNCCC1CC1. The standard InChI is InChI=1S/C10H21NO/c1-10(2,8-12)7-11-6-5-9-3-4-9/h9,11-12H,3-8H2,1-2H3. The fourth-order valence-corrected chi connectivity index (χ4v) is 1.20. The van der Waals surface area contributed by atoms with Crippen molar-refractivity contribution in [3.63, 3.8) is 0 Å². The summed E-state index contributed by atoms with van der Waals surface area (Å²) in [5.74, 6) is 1.01. The van der Waals surface area contributed by atoms with Crippen LogP contribution in [0.5, 0.6) is 0 Å². The Bertz CT molecular complexity index is 130. The molecule has 0 aromatic carbocycles. The lowest BCUT2D eigenvalue weighted by atomic mass is 9.95. The first-order chi connectivity index (χ1) is 5.64. The predicted octanol–water partition coefficient (Wildman–Crippen LogP) is 1.39. The van der Waals surface area contributed by atoms with Crippen LogP contribution in [0.25, 0.3) is 0 Å². The van der Waals surface area contributed by atoms with Crippen molar-refractivity contribution in [1.82, 2.24) is 5.32 Å². The zero-order valence-electron chi connectivity index (χ0n) is 8.27. The average molecular weight is 171 g/mol. The first-order valence-electron chi connectivity index (χ1n) is 4.96. The maximum absolute atomic E-state index is 8.97. The van der Waals surface area contributed by atoms with E-state index in [9.17, 15) is 0 Å². The summed E-state index contributed by atoms with van der Waals surface area (Å²) in [5, 5.41) is 12.4. The largest absolute Gasteiger partial charge is 0.396 e. The van der Waals surface area contributed by atoms with E-state index in [0.717, 1.165) is 19.0 Å². The Hall–Kier alpha value is -0.0800. The van der Waals surface area contributed by atoms with Gasteiger partial charge in [0.1, 0.15) is 0 Å². The molecular formula is C10H21NO. The highest BCUT2D eigenvalue weighted by Crippen LogP contribution is 2.31. The topological polar surface area (TPSA) is 32.3 Å². The first-order valence-corrected chi connectivity index (χ1v) is 4.96. The fourth-order valence-electron chi connectivity index (χ4n) is 1.20. The van der Waals surface area contributed by atoms with Gasteiger partial charge in [0.25, 0.3) is 0 Å². The van der Waals surface area contributed by atoms with E-state index in [-0.39, 0.29) is 12.0 Å². The van der Waals surface area contributed by atoms with Gasteiger partial charge in [0, 0.05) is 18.6 Å². The Labute approximate surface area is 75.4 Å². The summed E-state index contributed by atoms with van der Waals surface area (Å²) in [4.78, 5) is 0. The van der Waals surface area contributed by atoms with E-state index in [2.05, 4.69) is 19.2 Å². The van der Waals surface area contributed by atoms with Gasteiger partial charge in [-0.25, -0.2) is 0 Å². The Morgan fingerprint density at radius 1 is 1.42 bits per heavy atom. The third-order valence-electron chi connectivity index (χ3n) is 2.46. The second kappa shape index (κ2) is 4.24. The second-order valence-electron chi connectivity index (χ2n) is 4.73. The van der Waals surface area contributed by atoms with E-state index >= 15 is 0 Å². The number of hydrogen-bond acceptors (Lipinski definition) is 2. The zero-order chi connectivity index (χ0) is 9.03. The van der Waals surface area contributed by atoms with Gasteiger partial charge in [-0.3, -0.25) is 0 Å². The van der Waals surface area contributed by atoms with Crippen molar-refractivity contribution in [3.8, 4) is 0 Å². The molecule has 1 rings (SSSR count). The summed E-state index contributed by atoms with van der Waals surface area (Å²) >= 11 is 0. The van der Waals surface area contributed by atoms with Crippen molar-refractivity contribution < 1.29 is 5.11 Å². The van der Waals surface area contributed by atoms with Crippen molar-refractivity contribution in [3.05, 3.63) is 0 Å². The first kappa shape index (κ1) is 10.0. The van der Waals surface area contributed by atoms with Crippen molar-refractivity contribution in [1.29, 1.82) is 0 Å². The molecule has 0 heterocycles. The molecule has 2 N–H and O–H groups in total. The van der Waals surface area contributed by atoms with Gasteiger partial charge in [0.15, 0.2) is 0 Å². The summed E-state index contributed by atoms with van der Waals surface area (Å²) in [6, 6.07) is 0. The lowest BCUT2D eigenvalue weighted by molar-refractivity contribution is 0.157. The van der Waals surface area contributed by atoms with Gasteiger partial charge in [-0.2, -0.15) is 0 Å². The predicted molar refractivity (Wildman–Crippen MR) is 51.1 cm³/mol. The van der Waals surface area contributed by atoms with E-state index in [0.29, 0.717) is 0 Å². The minimum Gasteiger partial charge on any atom is -0.396 e. The van der Waals surface area contributed by atoms with Gasteiger partial charge in [-0.05, 0) is 18.9 Å². The molecule has 1 fully saturated rings. The highest BCUT2D eigenvalue weighted by Gasteiger charge is 2.21. The summed E-state index contributed by atoms with van der Waals surface area (Å²) in [6.07, 6.45) is 4.19. The van der Waals surface area contributed by atoms with Crippen LogP contribution in [-0.4, -0.2) is 24.8 Å². The number of aliphatic hydroxyl groups excluding tert-OH is 1. The van der Waals surface area contributed by atoms with E-state index in [4.69, 9.17) is 5.11 Å². The lowest BCUT2D eigenvalue weighted by Crippen LogP contribution is -2.32. The molecule has 72 valence electrons. The molecule has 12 heavy (non-hydrogen) atoms. The highest BCUT2D eigenvalue weighted by molar-refractivity contribution is 4.75. The fraction of sp³-hybridized carbons (Fsp3) is 1.00. The monoisotopic (exact) mass is 171 g/mol. The van der Waals surface area contributed by atoms with E-state index in [1.165, 1.54) is 19.3 Å². The van der Waals surface area contributed by atoms with Crippen LogP contribution in [0.15, 0.2) is 0 Å². The molecule has 0 unspecified atom stereocenters. The molecule has 0 amide bonds. The Morgan fingerprint density at radius 2 is 2.08 bits per heavy atom. The summed E-state index contributed by atoms with van der Waals surface area (Å²) in [7, 11) is 0. The number of hydrogen-bond donors (Lipinski definition) is 2. The molecule has 2 nitrogen and oxygen atoms in total. The van der Waals surface area contributed by atoms with Gasteiger partial charge in [-0.15, -0.1) is 0 Å². The highest BCUT2D eigenvalue weighted by atomic mass is 16.3. The van der Waals surface area contributed by atoms with Gasteiger partial charge >= 0.3 is 0 Å². The van der Waals surface area contributed by atoms with E-state index in [1.54, 1.807) is 0 Å². The van der Waals surface area contributed by atoms with Gasteiger partial charge in [-0.1, -0.05) is 26.7 Å². The maximum Gasteiger partial charge on any atom is 0.0494 e. The summed E-state index contributed by atoms with van der Waals surface area (Å²) in [6.45, 7) is 6.47. The van der Waals surface area contributed by atoms with E-state index < -0.39 is 0 Å². The molecule has 1 aliphatic rings. The van der Waals surface area contributed by atoms with Crippen molar-refractivity contribution in [2.24, 2.45) is 11.3 Å². The molecule has 0 aromatic heterocycles. The molecule has 1 aliphatic carbocycles. The van der Waals surface area contributed by atoms with Crippen LogP contribution in [0.3, 0.4) is 0 Å². The zero-order valence-corrected chi connectivity index (χ0v) is 8.27. The molecule has 0 spiro atoms. The molecular weight excluding hydrogens is 150 g/mol. The van der Waals surface area contributed by atoms with Crippen LogP contribution in [0, 0.1) is 11.3 Å². The van der Waals surface area contributed by atoms with Crippen LogP contribution < -0.4 is 5.32 Å². The number of rotatable bonds is 6. The molecule has 0 atom stereocenters. The molecule has 0 saturated heterocycles. The normalized spacial score (nSPS) is 18.2. The van der Waals surface area contributed by atoms with Crippen LogP contribution in [0.4, 0.5) is 0 Å². The minimum atomic E-state index is 0.0452. The van der Waals surface area contributed by atoms with Crippen molar-refractivity contribution >= 4 is 0 Å². The summed E-state index contributed by atoms with van der Waals surface area (Å²) in [5.41, 5.74) is 0.0452. The van der Waals surface area contributed by atoms with Gasteiger partial charge < -0.3 is 10.4 Å². The average Bonchev–Trinajstić information content (AvgIpc) is 2.82. The van der Waals surface area contributed by atoms with Crippen LogP contribution in [0.1, 0.15) is 33.1 Å². The maximum atomic E-state index is 8.97. The Kier molecular flexibility index (Phi) is 3.53.